The third-order valence-electron chi connectivity index (χ3n) is 3.82. The molecule has 0 radical (unpaired) electrons. The molecule has 1 aliphatic rings. The van der Waals surface area contributed by atoms with Crippen molar-refractivity contribution in [1.29, 1.82) is 0 Å². The van der Waals surface area contributed by atoms with E-state index in [0.29, 0.717) is 11.6 Å². The van der Waals surface area contributed by atoms with Crippen molar-refractivity contribution >= 4 is 22.8 Å². The molecule has 4 rings (SSSR count). The second kappa shape index (κ2) is 4.73. The van der Waals surface area contributed by atoms with Gasteiger partial charge in [-0.15, -0.1) is 0 Å². The smallest absolute Gasteiger partial charge is 0.295 e. The number of carbonyl (C=O) groups is 1. The molecule has 0 spiro atoms. The Morgan fingerprint density at radius 1 is 1.24 bits per heavy atom. The number of carbonyl (C=O) groups excluding carboxylic acids is 1. The van der Waals surface area contributed by atoms with Gasteiger partial charge in [-0.3, -0.25) is 4.79 Å². The predicted octanol–water partition coefficient (Wildman–Crippen LogP) is 2.68. The van der Waals surface area contributed by atoms with Crippen LogP contribution in [0, 0.1) is 0 Å². The first-order valence-electron chi connectivity index (χ1n) is 7.04. The summed E-state index contributed by atoms with van der Waals surface area (Å²) in [5.74, 6) is 0.526. The van der Waals surface area contributed by atoms with Crippen LogP contribution in [0.5, 0.6) is 0 Å². The van der Waals surface area contributed by atoms with E-state index >= 15 is 0 Å². The van der Waals surface area contributed by atoms with Crippen molar-refractivity contribution in [3.63, 3.8) is 0 Å². The fraction of sp³-hybridized carbons (Fsp3) is 0.267. The highest BCUT2D eigenvalue weighted by molar-refractivity contribution is 6.03. The Morgan fingerprint density at radius 2 is 2.14 bits per heavy atom. The van der Waals surface area contributed by atoms with E-state index in [2.05, 4.69) is 20.4 Å². The molecular weight excluding hydrogens is 268 g/mol. The lowest BCUT2D eigenvalue weighted by Crippen LogP contribution is -2.15. The van der Waals surface area contributed by atoms with E-state index in [1.165, 1.54) is 0 Å². The maximum absolute atomic E-state index is 12.3. The Balaban J connectivity index is 1.61. The summed E-state index contributed by atoms with van der Waals surface area (Å²) in [7, 11) is 0. The van der Waals surface area contributed by atoms with E-state index in [9.17, 15) is 4.79 Å². The first-order chi connectivity index (χ1) is 10.3. The molecule has 0 unspecified atom stereocenters. The monoisotopic (exact) mass is 282 g/mol. The topological polar surface area (TPSA) is 83.8 Å². The number of aromatic amines is 1. The van der Waals surface area contributed by atoms with Crippen molar-refractivity contribution in [1.82, 2.24) is 15.1 Å². The number of pyridine rings is 1. The molecule has 3 aromatic rings. The van der Waals surface area contributed by atoms with E-state index in [1.54, 1.807) is 6.07 Å². The Labute approximate surface area is 120 Å². The van der Waals surface area contributed by atoms with E-state index in [4.69, 9.17) is 4.52 Å². The van der Waals surface area contributed by atoms with Crippen LogP contribution in [-0.2, 0) is 12.8 Å². The first-order valence-corrected chi connectivity index (χ1v) is 7.04. The predicted molar refractivity (Wildman–Crippen MR) is 77.2 cm³/mol. The van der Waals surface area contributed by atoms with E-state index in [-0.39, 0.29) is 5.91 Å². The van der Waals surface area contributed by atoms with Gasteiger partial charge in [0.2, 0.25) is 5.76 Å². The molecule has 1 aliphatic carbocycles. The fourth-order valence-corrected chi connectivity index (χ4v) is 2.74. The maximum Gasteiger partial charge on any atom is 0.295 e. The van der Waals surface area contributed by atoms with Crippen molar-refractivity contribution in [2.75, 3.05) is 5.32 Å². The second-order valence-electron chi connectivity index (χ2n) is 5.21. The summed E-state index contributed by atoms with van der Waals surface area (Å²) < 4.78 is 5.23. The Morgan fingerprint density at radius 3 is 3.10 bits per heavy atom. The van der Waals surface area contributed by atoms with Crippen LogP contribution in [0.25, 0.3) is 11.0 Å². The molecule has 106 valence electrons. The molecule has 3 aromatic heterocycles. The third kappa shape index (κ3) is 2.08. The lowest BCUT2D eigenvalue weighted by Gasteiger charge is -2.09. The SMILES string of the molecule is O=C(Nc1ccc2cc[nH]c2n1)c1onc2c1CCCC2. The van der Waals surface area contributed by atoms with Crippen LogP contribution in [-0.4, -0.2) is 21.0 Å². The molecule has 2 N–H and O–H groups in total. The molecule has 0 aromatic carbocycles. The van der Waals surface area contributed by atoms with Crippen molar-refractivity contribution in [3.05, 3.63) is 41.4 Å². The van der Waals surface area contributed by atoms with Crippen molar-refractivity contribution in [2.45, 2.75) is 25.7 Å². The summed E-state index contributed by atoms with van der Waals surface area (Å²) in [5, 5.41) is 7.78. The van der Waals surface area contributed by atoms with Crippen molar-refractivity contribution in [3.8, 4) is 0 Å². The van der Waals surface area contributed by atoms with Gasteiger partial charge in [0.05, 0.1) is 5.69 Å². The minimum Gasteiger partial charge on any atom is -0.350 e. The number of hydrogen-bond acceptors (Lipinski definition) is 4. The quantitative estimate of drug-likeness (QED) is 0.757. The summed E-state index contributed by atoms with van der Waals surface area (Å²) in [6.07, 6.45) is 5.73. The molecular formula is C15H14N4O2. The molecule has 0 atom stereocenters. The van der Waals surface area contributed by atoms with Crippen LogP contribution >= 0.6 is 0 Å². The lowest BCUT2D eigenvalue weighted by molar-refractivity contribution is 0.0986. The third-order valence-corrected chi connectivity index (χ3v) is 3.82. The maximum atomic E-state index is 12.3. The number of anilines is 1. The number of aromatic nitrogens is 3. The van der Waals surface area contributed by atoms with Gasteiger partial charge in [-0.1, -0.05) is 5.16 Å². The lowest BCUT2D eigenvalue weighted by atomic mass is 9.96. The van der Waals surface area contributed by atoms with Gasteiger partial charge in [0.25, 0.3) is 5.91 Å². The van der Waals surface area contributed by atoms with Crippen molar-refractivity contribution in [2.24, 2.45) is 0 Å². The van der Waals surface area contributed by atoms with Crippen LogP contribution in [0.2, 0.25) is 0 Å². The largest absolute Gasteiger partial charge is 0.350 e. The highest BCUT2D eigenvalue weighted by atomic mass is 16.5. The number of aryl methyl sites for hydroxylation is 1. The summed E-state index contributed by atoms with van der Waals surface area (Å²) in [4.78, 5) is 19.7. The minimum atomic E-state index is -0.288. The van der Waals surface area contributed by atoms with Gasteiger partial charge in [-0.05, 0) is 43.9 Å². The van der Waals surface area contributed by atoms with Crippen LogP contribution < -0.4 is 5.32 Å². The average Bonchev–Trinajstić information content (AvgIpc) is 3.13. The van der Waals surface area contributed by atoms with Crippen LogP contribution in [0.15, 0.2) is 28.9 Å². The number of nitrogens with zero attached hydrogens (tertiary/aromatic N) is 2. The van der Waals surface area contributed by atoms with E-state index in [1.807, 2.05) is 18.3 Å². The number of amides is 1. The number of hydrogen-bond donors (Lipinski definition) is 2. The van der Waals surface area contributed by atoms with Gasteiger partial charge in [-0.2, -0.15) is 0 Å². The highest BCUT2D eigenvalue weighted by Crippen LogP contribution is 2.24. The Kier molecular flexibility index (Phi) is 2.73. The molecule has 3 heterocycles. The van der Waals surface area contributed by atoms with Gasteiger partial charge >= 0.3 is 0 Å². The zero-order valence-corrected chi connectivity index (χ0v) is 11.3. The molecule has 0 fully saturated rings. The van der Waals surface area contributed by atoms with Crippen LogP contribution in [0.1, 0.15) is 34.7 Å². The second-order valence-corrected chi connectivity index (χ2v) is 5.21. The normalized spacial score (nSPS) is 14.1. The van der Waals surface area contributed by atoms with Crippen LogP contribution in [0.3, 0.4) is 0 Å². The van der Waals surface area contributed by atoms with Gasteiger partial charge in [0, 0.05) is 17.1 Å². The molecule has 6 nitrogen and oxygen atoms in total. The zero-order valence-electron chi connectivity index (χ0n) is 11.3. The van der Waals surface area contributed by atoms with Crippen molar-refractivity contribution < 1.29 is 9.32 Å². The van der Waals surface area contributed by atoms with E-state index < -0.39 is 0 Å². The molecule has 0 saturated carbocycles. The first kappa shape index (κ1) is 12.1. The number of nitrogens with one attached hydrogen (secondary N) is 2. The summed E-state index contributed by atoms with van der Waals surface area (Å²) in [5.41, 5.74) is 2.60. The summed E-state index contributed by atoms with van der Waals surface area (Å²) >= 11 is 0. The molecule has 0 aliphatic heterocycles. The number of rotatable bonds is 2. The van der Waals surface area contributed by atoms with E-state index in [0.717, 1.165) is 48.0 Å². The zero-order chi connectivity index (χ0) is 14.2. The summed E-state index contributed by atoms with van der Waals surface area (Å²) in [6.45, 7) is 0. The Bertz CT molecular complexity index is 818. The average molecular weight is 282 g/mol. The fourth-order valence-electron chi connectivity index (χ4n) is 2.74. The highest BCUT2D eigenvalue weighted by Gasteiger charge is 2.24. The molecule has 0 saturated heterocycles. The number of H-pyrrole nitrogens is 1. The standard InChI is InChI=1S/C15H14N4O2/c20-15(13-10-3-1-2-4-11(10)19-21-13)18-12-6-5-9-7-8-16-14(9)17-12/h5-8H,1-4H2,(H2,16,17,18,20). The van der Waals surface area contributed by atoms with Gasteiger partial charge in [-0.25, -0.2) is 4.98 Å². The molecule has 0 bridgehead atoms. The van der Waals surface area contributed by atoms with Gasteiger partial charge < -0.3 is 14.8 Å². The molecule has 6 heteroatoms. The molecule has 1 amide bonds. The number of fused-ring (bicyclic) bond motifs is 2. The van der Waals surface area contributed by atoms with Crippen LogP contribution in [0.4, 0.5) is 5.82 Å². The van der Waals surface area contributed by atoms with Gasteiger partial charge in [0.15, 0.2) is 0 Å². The minimum absolute atomic E-state index is 0.288. The summed E-state index contributed by atoms with van der Waals surface area (Å²) in [6, 6.07) is 5.61. The Hall–Kier alpha value is -2.63. The van der Waals surface area contributed by atoms with Gasteiger partial charge in [0.1, 0.15) is 11.5 Å². The molecule has 21 heavy (non-hydrogen) atoms.